The van der Waals surface area contributed by atoms with Gasteiger partial charge in [0.2, 0.25) is 5.91 Å². The van der Waals surface area contributed by atoms with Crippen molar-refractivity contribution >= 4 is 5.91 Å². The first kappa shape index (κ1) is 12.7. The summed E-state index contributed by atoms with van der Waals surface area (Å²) in [6, 6.07) is 1.81. The van der Waals surface area contributed by atoms with Gasteiger partial charge in [0, 0.05) is 19.2 Å². The van der Waals surface area contributed by atoms with Gasteiger partial charge in [-0.1, -0.05) is 19.0 Å². The zero-order chi connectivity index (χ0) is 12.0. The maximum atomic E-state index is 11.9. The van der Waals surface area contributed by atoms with Crippen LogP contribution in [0.1, 0.15) is 38.1 Å². The van der Waals surface area contributed by atoms with Crippen LogP contribution in [-0.2, 0) is 11.2 Å². The molecule has 1 heterocycles. The van der Waals surface area contributed by atoms with Crippen LogP contribution in [0.3, 0.4) is 0 Å². The molecule has 0 aliphatic heterocycles. The monoisotopic (exact) mass is 224 g/mol. The number of aryl methyl sites for hydroxylation is 1. The van der Waals surface area contributed by atoms with Crippen LogP contribution in [0.4, 0.5) is 0 Å². The van der Waals surface area contributed by atoms with Gasteiger partial charge < -0.3 is 9.42 Å². The first-order valence-corrected chi connectivity index (χ1v) is 5.87. The van der Waals surface area contributed by atoms with Gasteiger partial charge in [0.15, 0.2) is 0 Å². The molecule has 0 atom stereocenters. The van der Waals surface area contributed by atoms with Crippen LogP contribution in [0.15, 0.2) is 10.6 Å². The average molecular weight is 224 g/mol. The van der Waals surface area contributed by atoms with Crippen LogP contribution in [0.2, 0.25) is 0 Å². The van der Waals surface area contributed by atoms with Gasteiger partial charge in [0.05, 0.1) is 12.1 Å². The molecule has 1 aromatic rings. The van der Waals surface area contributed by atoms with E-state index >= 15 is 0 Å². The molecule has 0 aliphatic rings. The smallest absolute Gasteiger partial charge is 0.228 e. The van der Waals surface area contributed by atoms with E-state index in [4.69, 9.17) is 4.52 Å². The second-order valence-corrected chi connectivity index (χ2v) is 3.99. The second-order valence-electron chi connectivity index (χ2n) is 3.99. The van der Waals surface area contributed by atoms with E-state index in [1.807, 2.05) is 17.9 Å². The minimum absolute atomic E-state index is 0.136. The van der Waals surface area contributed by atoms with E-state index in [9.17, 15) is 4.79 Å². The summed E-state index contributed by atoms with van der Waals surface area (Å²) in [6.07, 6.45) is 2.32. The van der Waals surface area contributed by atoms with Crippen molar-refractivity contribution in [2.75, 3.05) is 13.1 Å². The Morgan fingerprint density at radius 2 is 2.00 bits per heavy atom. The van der Waals surface area contributed by atoms with E-state index in [1.54, 1.807) is 0 Å². The van der Waals surface area contributed by atoms with E-state index in [0.29, 0.717) is 6.42 Å². The molecule has 0 bridgehead atoms. The minimum Gasteiger partial charge on any atom is -0.361 e. The number of nitrogens with zero attached hydrogens (tertiary/aromatic N) is 2. The van der Waals surface area contributed by atoms with Crippen LogP contribution < -0.4 is 0 Å². The highest BCUT2D eigenvalue weighted by Gasteiger charge is 2.14. The normalized spacial score (nSPS) is 10.4. The molecule has 1 amide bonds. The summed E-state index contributed by atoms with van der Waals surface area (Å²) in [6.45, 7) is 7.64. The first-order valence-electron chi connectivity index (χ1n) is 5.87. The maximum absolute atomic E-state index is 11.9. The van der Waals surface area contributed by atoms with Gasteiger partial charge in [0.1, 0.15) is 5.76 Å². The average Bonchev–Trinajstić information content (AvgIpc) is 2.63. The SMILES string of the molecule is CCCN(CCC)C(=O)Cc1cc(C)on1. The highest BCUT2D eigenvalue weighted by atomic mass is 16.5. The zero-order valence-corrected chi connectivity index (χ0v) is 10.3. The lowest BCUT2D eigenvalue weighted by Crippen LogP contribution is -2.33. The molecule has 0 spiro atoms. The van der Waals surface area contributed by atoms with Crippen LogP contribution >= 0.6 is 0 Å². The van der Waals surface area contributed by atoms with Crippen molar-refractivity contribution in [2.45, 2.75) is 40.0 Å². The third-order valence-corrected chi connectivity index (χ3v) is 2.35. The number of amides is 1. The molecule has 4 heteroatoms. The molecule has 0 radical (unpaired) electrons. The molecule has 16 heavy (non-hydrogen) atoms. The Bertz CT molecular complexity index is 328. The number of rotatable bonds is 6. The molecule has 0 aliphatic carbocycles. The molecule has 4 nitrogen and oxygen atoms in total. The van der Waals surface area contributed by atoms with Gasteiger partial charge in [-0.05, 0) is 19.8 Å². The van der Waals surface area contributed by atoms with Crippen molar-refractivity contribution in [1.82, 2.24) is 10.1 Å². The predicted molar refractivity (Wildman–Crippen MR) is 62.1 cm³/mol. The van der Waals surface area contributed by atoms with Crippen molar-refractivity contribution in [3.05, 3.63) is 17.5 Å². The van der Waals surface area contributed by atoms with Gasteiger partial charge in [-0.15, -0.1) is 0 Å². The van der Waals surface area contributed by atoms with Crippen LogP contribution in [-0.4, -0.2) is 29.1 Å². The molecule has 0 saturated heterocycles. The molecule has 0 aromatic carbocycles. The van der Waals surface area contributed by atoms with Crippen molar-refractivity contribution < 1.29 is 9.32 Å². The Hall–Kier alpha value is -1.32. The molecule has 0 unspecified atom stereocenters. The van der Waals surface area contributed by atoms with Crippen LogP contribution in [0.5, 0.6) is 0 Å². The summed E-state index contributed by atoms with van der Waals surface area (Å²) in [5.41, 5.74) is 0.722. The van der Waals surface area contributed by atoms with Crippen LogP contribution in [0, 0.1) is 6.92 Å². The third kappa shape index (κ3) is 3.68. The third-order valence-electron chi connectivity index (χ3n) is 2.35. The van der Waals surface area contributed by atoms with E-state index in [1.165, 1.54) is 0 Å². The summed E-state index contributed by atoms with van der Waals surface area (Å²) < 4.78 is 4.94. The predicted octanol–water partition coefficient (Wildman–Crippen LogP) is 2.17. The highest BCUT2D eigenvalue weighted by molar-refractivity contribution is 5.78. The fraction of sp³-hybridized carbons (Fsp3) is 0.667. The fourth-order valence-corrected chi connectivity index (χ4v) is 1.67. The fourth-order valence-electron chi connectivity index (χ4n) is 1.67. The number of hydrogen-bond acceptors (Lipinski definition) is 3. The lowest BCUT2D eigenvalue weighted by atomic mass is 10.2. The lowest BCUT2D eigenvalue weighted by Gasteiger charge is -2.20. The molecular weight excluding hydrogens is 204 g/mol. The Labute approximate surface area is 96.6 Å². The Kier molecular flexibility index (Phi) is 5.02. The number of carbonyl (C=O) groups excluding carboxylic acids is 1. The van der Waals surface area contributed by atoms with Gasteiger partial charge in [-0.2, -0.15) is 0 Å². The largest absolute Gasteiger partial charge is 0.361 e. The molecule has 90 valence electrons. The van der Waals surface area contributed by atoms with E-state index < -0.39 is 0 Å². The molecule has 0 N–H and O–H groups in total. The Morgan fingerprint density at radius 1 is 1.38 bits per heavy atom. The summed E-state index contributed by atoms with van der Waals surface area (Å²) in [5.74, 6) is 0.886. The summed E-state index contributed by atoms with van der Waals surface area (Å²) in [4.78, 5) is 13.8. The van der Waals surface area contributed by atoms with E-state index in [2.05, 4.69) is 19.0 Å². The summed E-state index contributed by atoms with van der Waals surface area (Å²) >= 11 is 0. The van der Waals surface area contributed by atoms with Crippen molar-refractivity contribution in [1.29, 1.82) is 0 Å². The summed E-state index contributed by atoms with van der Waals surface area (Å²) in [5, 5.41) is 3.84. The van der Waals surface area contributed by atoms with Crippen LogP contribution in [0.25, 0.3) is 0 Å². The standard InChI is InChI=1S/C12H20N2O2/c1-4-6-14(7-5-2)12(15)9-11-8-10(3)16-13-11/h8H,4-7,9H2,1-3H3. The molecule has 0 saturated carbocycles. The summed E-state index contributed by atoms with van der Waals surface area (Å²) in [7, 11) is 0. The van der Waals surface area contributed by atoms with Gasteiger partial charge in [-0.3, -0.25) is 4.79 Å². The zero-order valence-electron chi connectivity index (χ0n) is 10.3. The number of aromatic nitrogens is 1. The van der Waals surface area contributed by atoms with Crippen molar-refractivity contribution in [2.24, 2.45) is 0 Å². The van der Waals surface area contributed by atoms with Crippen molar-refractivity contribution in [3.8, 4) is 0 Å². The minimum atomic E-state index is 0.136. The topological polar surface area (TPSA) is 46.3 Å². The molecule has 1 rings (SSSR count). The molecule has 0 fully saturated rings. The Balaban J connectivity index is 2.54. The number of hydrogen-bond donors (Lipinski definition) is 0. The van der Waals surface area contributed by atoms with Crippen molar-refractivity contribution in [3.63, 3.8) is 0 Å². The van der Waals surface area contributed by atoms with Gasteiger partial charge >= 0.3 is 0 Å². The quantitative estimate of drug-likeness (QED) is 0.744. The Morgan fingerprint density at radius 3 is 2.44 bits per heavy atom. The lowest BCUT2D eigenvalue weighted by molar-refractivity contribution is -0.130. The highest BCUT2D eigenvalue weighted by Crippen LogP contribution is 2.05. The van der Waals surface area contributed by atoms with E-state index in [0.717, 1.165) is 37.4 Å². The van der Waals surface area contributed by atoms with E-state index in [-0.39, 0.29) is 5.91 Å². The molecule has 1 aromatic heterocycles. The first-order chi connectivity index (χ1) is 7.67. The maximum Gasteiger partial charge on any atom is 0.228 e. The number of carbonyl (C=O) groups is 1. The van der Waals surface area contributed by atoms with Gasteiger partial charge in [-0.25, -0.2) is 0 Å². The molecular formula is C12H20N2O2. The van der Waals surface area contributed by atoms with Gasteiger partial charge in [0.25, 0.3) is 0 Å². The second kappa shape index (κ2) is 6.30.